The molecule has 0 aromatic carbocycles. The number of nitrogens with one attached hydrogen (secondary N) is 1. The first kappa shape index (κ1) is 11.9. The lowest BCUT2D eigenvalue weighted by atomic mass is 9.99. The van der Waals surface area contributed by atoms with E-state index in [0.29, 0.717) is 5.82 Å². The van der Waals surface area contributed by atoms with Gasteiger partial charge in [-0.1, -0.05) is 12.8 Å². The van der Waals surface area contributed by atoms with Gasteiger partial charge in [0.05, 0.1) is 17.7 Å². The van der Waals surface area contributed by atoms with Crippen LogP contribution in [0.25, 0.3) is 0 Å². The predicted octanol–water partition coefficient (Wildman–Crippen LogP) is 1.50. The number of aliphatic hydroxyl groups excluding tert-OH is 1. The Bertz CT molecular complexity index is 397. The first-order chi connectivity index (χ1) is 8.15. The van der Waals surface area contributed by atoms with Crippen molar-refractivity contribution in [1.29, 1.82) is 0 Å². The third-order valence-electron chi connectivity index (χ3n) is 3.27. The predicted molar refractivity (Wildman–Crippen MR) is 63.1 cm³/mol. The van der Waals surface area contributed by atoms with Gasteiger partial charge in [0.25, 0.3) is 0 Å². The van der Waals surface area contributed by atoms with E-state index in [-0.39, 0.29) is 17.7 Å². The third kappa shape index (κ3) is 2.55. The molecule has 1 saturated carbocycles. The number of hydrogen-bond donors (Lipinski definition) is 3. The normalized spacial score (nSPS) is 17.9. The molecule has 1 aromatic rings. The van der Waals surface area contributed by atoms with Gasteiger partial charge in [0.1, 0.15) is 5.82 Å². The van der Waals surface area contributed by atoms with Crippen molar-refractivity contribution in [2.45, 2.75) is 31.2 Å². The standard InChI is InChI=1S/C12H16N2O3/c15-8-12(5-1-2-6-12)14-10-4-3-9(7-13-10)11(16)17/h3-4,7,15H,1-2,5-6,8H2,(H,13,14)(H,16,17). The number of carboxylic acid groups (broad SMARTS) is 1. The Hall–Kier alpha value is -1.62. The molecule has 3 N–H and O–H groups in total. The summed E-state index contributed by atoms with van der Waals surface area (Å²) in [6.45, 7) is 0.0787. The van der Waals surface area contributed by atoms with Crippen molar-refractivity contribution in [3.63, 3.8) is 0 Å². The van der Waals surface area contributed by atoms with Crippen molar-refractivity contribution >= 4 is 11.8 Å². The minimum Gasteiger partial charge on any atom is -0.478 e. The summed E-state index contributed by atoms with van der Waals surface area (Å²) in [6, 6.07) is 3.15. The molecule has 0 atom stereocenters. The molecule has 1 heterocycles. The maximum absolute atomic E-state index is 10.7. The highest BCUT2D eigenvalue weighted by Gasteiger charge is 2.33. The number of carbonyl (C=O) groups is 1. The Morgan fingerprint density at radius 1 is 1.41 bits per heavy atom. The molecule has 5 heteroatoms. The van der Waals surface area contributed by atoms with Crippen LogP contribution in [0.4, 0.5) is 5.82 Å². The van der Waals surface area contributed by atoms with E-state index >= 15 is 0 Å². The van der Waals surface area contributed by atoms with Gasteiger partial charge in [-0.25, -0.2) is 9.78 Å². The molecule has 0 saturated heterocycles. The highest BCUT2D eigenvalue weighted by Crippen LogP contribution is 2.32. The van der Waals surface area contributed by atoms with E-state index < -0.39 is 5.97 Å². The maximum Gasteiger partial charge on any atom is 0.337 e. The fraction of sp³-hybridized carbons (Fsp3) is 0.500. The number of aromatic nitrogens is 1. The van der Waals surface area contributed by atoms with Gasteiger partial charge in [-0.3, -0.25) is 0 Å². The second-order valence-corrected chi connectivity index (χ2v) is 4.51. The van der Waals surface area contributed by atoms with Gasteiger partial charge in [-0.2, -0.15) is 0 Å². The van der Waals surface area contributed by atoms with Crippen molar-refractivity contribution in [2.75, 3.05) is 11.9 Å². The largest absolute Gasteiger partial charge is 0.478 e. The number of carboxylic acids is 1. The van der Waals surface area contributed by atoms with Crippen molar-refractivity contribution in [1.82, 2.24) is 4.98 Å². The first-order valence-corrected chi connectivity index (χ1v) is 5.74. The lowest BCUT2D eigenvalue weighted by Gasteiger charge is -2.28. The molecule has 0 unspecified atom stereocenters. The molecular weight excluding hydrogens is 220 g/mol. The van der Waals surface area contributed by atoms with E-state index in [4.69, 9.17) is 5.11 Å². The number of aliphatic hydroxyl groups is 1. The Morgan fingerprint density at radius 2 is 2.12 bits per heavy atom. The van der Waals surface area contributed by atoms with Gasteiger partial charge in [0.15, 0.2) is 0 Å². The quantitative estimate of drug-likeness (QED) is 0.738. The summed E-state index contributed by atoms with van der Waals surface area (Å²) in [6.07, 6.45) is 5.37. The van der Waals surface area contributed by atoms with Crippen LogP contribution in [-0.2, 0) is 0 Å². The van der Waals surface area contributed by atoms with Crippen LogP contribution >= 0.6 is 0 Å². The Balaban J connectivity index is 2.10. The highest BCUT2D eigenvalue weighted by molar-refractivity contribution is 5.87. The van der Waals surface area contributed by atoms with E-state index in [1.54, 1.807) is 6.07 Å². The van der Waals surface area contributed by atoms with Crippen molar-refractivity contribution in [2.24, 2.45) is 0 Å². The zero-order chi connectivity index (χ0) is 12.3. The zero-order valence-electron chi connectivity index (χ0n) is 9.52. The monoisotopic (exact) mass is 236 g/mol. The fourth-order valence-electron chi connectivity index (χ4n) is 2.24. The summed E-state index contributed by atoms with van der Waals surface area (Å²) < 4.78 is 0. The molecule has 0 amide bonds. The number of anilines is 1. The third-order valence-corrected chi connectivity index (χ3v) is 3.27. The van der Waals surface area contributed by atoms with E-state index in [1.165, 1.54) is 12.3 Å². The van der Waals surface area contributed by atoms with Crippen LogP contribution in [-0.4, -0.2) is 33.3 Å². The van der Waals surface area contributed by atoms with Crippen molar-refractivity contribution in [3.8, 4) is 0 Å². The second-order valence-electron chi connectivity index (χ2n) is 4.51. The minimum atomic E-state index is -0.984. The van der Waals surface area contributed by atoms with Crippen LogP contribution in [0.2, 0.25) is 0 Å². The van der Waals surface area contributed by atoms with Crippen LogP contribution in [0.1, 0.15) is 36.0 Å². The minimum absolute atomic E-state index is 0.0787. The summed E-state index contributed by atoms with van der Waals surface area (Å²) in [7, 11) is 0. The molecular formula is C12H16N2O3. The molecule has 92 valence electrons. The number of pyridine rings is 1. The van der Waals surface area contributed by atoms with Gasteiger partial charge < -0.3 is 15.5 Å². The Kier molecular flexibility index (Phi) is 3.28. The number of nitrogens with zero attached hydrogens (tertiary/aromatic N) is 1. The van der Waals surface area contributed by atoms with Crippen molar-refractivity contribution in [3.05, 3.63) is 23.9 Å². The summed E-state index contributed by atoms with van der Waals surface area (Å²) in [5.74, 6) is -0.368. The molecule has 0 aliphatic heterocycles. The summed E-state index contributed by atoms with van der Waals surface area (Å²) in [5.41, 5.74) is -0.113. The SMILES string of the molecule is O=C(O)c1ccc(NC2(CO)CCCC2)nc1. The fourth-order valence-corrected chi connectivity index (χ4v) is 2.24. The molecule has 1 fully saturated rings. The van der Waals surface area contributed by atoms with Crippen LogP contribution < -0.4 is 5.32 Å². The lowest BCUT2D eigenvalue weighted by Crippen LogP contribution is -2.39. The maximum atomic E-state index is 10.7. The van der Waals surface area contributed by atoms with E-state index in [0.717, 1.165) is 25.7 Å². The van der Waals surface area contributed by atoms with Gasteiger partial charge in [-0.05, 0) is 25.0 Å². The molecule has 1 aliphatic carbocycles. The second kappa shape index (κ2) is 4.71. The topological polar surface area (TPSA) is 82.5 Å². The Morgan fingerprint density at radius 3 is 2.59 bits per heavy atom. The molecule has 2 rings (SSSR count). The summed E-state index contributed by atoms with van der Waals surface area (Å²) in [4.78, 5) is 14.7. The van der Waals surface area contributed by atoms with Gasteiger partial charge in [0.2, 0.25) is 0 Å². The number of aromatic carboxylic acids is 1. The van der Waals surface area contributed by atoms with Gasteiger partial charge >= 0.3 is 5.97 Å². The smallest absolute Gasteiger partial charge is 0.337 e. The molecule has 0 radical (unpaired) electrons. The van der Waals surface area contributed by atoms with E-state index in [1.807, 2.05) is 0 Å². The van der Waals surface area contributed by atoms with E-state index in [9.17, 15) is 9.90 Å². The highest BCUT2D eigenvalue weighted by atomic mass is 16.4. The summed E-state index contributed by atoms with van der Waals surface area (Å²) in [5, 5.41) is 21.4. The van der Waals surface area contributed by atoms with Crippen molar-refractivity contribution < 1.29 is 15.0 Å². The lowest BCUT2D eigenvalue weighted by molar-refractivity contribution is 0.0696. The zero-order valence-corrected chi connectivity index (χ0v) is 9.52. The van der Waals surface area contributed by atoms with Crippen LogP contribution in [0.5, 0.6) is 0 Å². The number of hydrogen-bond acceptors (Lipinski definition) is 4. The van der Waals surface area contributed by atoms with Gasteiger partial charge in [-0.15, -0.1) is 0 Å². The Labute approximate surface area is 99.5 Å². The molecule has 17 heavy (non-hydrogen) atoms. The molecule has 1 aliphatic rings. The molecule has 0 bridgehead atoms. The molecule has 5 nitrogen and oxygen atoms in total. The molecule has 1 aromatic heterocycles. The van der Waals surface area contributed by atoms with Crippen LogP contribution in [0.15, 0.2) is 18.3 Å². The average molecular weight is 236 g/mol. The number of rotatable bonds is 4. The molecule has 0 spiro atoms. The van der Waals surface area contributed by atoms with Crippen LogP contribution in [0, 0.1) is 0 Å². The van der Waals surface area contributed by atoms with Crippen LogP contribution in [0.3, 0.4) is 0 Å². The average Bonchev–Trinajstić information content (AvgIpc) is 2.79. The summed E-state index contributed by atoms with van der Waals surface area (Å²) >= 11 is 0. The first-order valence-electron chi connectivity index (χ1n) is 5.74. The van der Waals surface area contributed by atoms with Gasteiger partial charge in [0, 0.05) is 6.20 Å². The van der Waals surface area contributed by atoms with E-state index in [2.05, 4.69) is 10.3 Å².